The van der Waals surface area contributed by atoms with Crippen LogP contribution in [0.3, 0.4) is 0 Å². The quantitative estimate of drug-likeness (QED) is 0.397. The molecular weight excluding hydrogens is 183 g/mol. The number of aromatic nitrogens is 1. The van der Waals surface area contributed by atoms with Crippen LogP contribution in [0.5, 0.6) is 5.88 Å². The van der Waals surface area contributed by atoms with Gasteiger partial charge in [-0.2, -0.15) is 0 Å². The van der Waals surface area contributed by atoms with E-state index in [4.69, 9.17) is 4.74 Å². The van der Waals surface area contributed by atoms with Gasteiger partial charge in [0.25, 0.3) is 5.88 Å². The van der Waals surface area contributed by atoms with E-state index in [1.807, 2.05) is 6.82 Å². The second-order valence-electron chi connectivity index (χ2n) is 2.88. The number of nitro groups is 1. The predicted octanol–water partition coefficient (Wildman–Crippen LogP) is 0.417. The van der Waals surface area contributed by atoms with Crippen LogP contribution in [0.25, 0.3) is 0 Å². The Bertz CT molecular complexity index is 368. The van der Waals surface area contributed by atoms with Crippen LogP contribution in [0.2, 0.25) is 6.82 Å². The van der Waals surface area contributed by atoms with Gasteiger partial charge in [-0.3, -0.25) is 10.1 Å². The van der Waals surface area contributed by atoms with E-state index in [-0.39, 0.29) is 11.6 Å². The third-order valence-corrected chi connectivity index (χ3v) is 2.13. The Kier molecular flexibility index (Phi) is 3.06. The zero-order valence-electron chi connectivity index (χ0n) is 8.40. The Balaban J connectivity index is 3.39. The number of hydrogen-bond donors (Lipinski definition) is 0. The number of pyridine rings is 1. The van der Waals surface area contributed by atoms with E-state index in [2.05, 4.69) is 4.98 Å². The summed E-state index contributed by atoms with van der Waals surface area (Å²) >= 11 is 0. The van der Waals surface area contributed by atoms with E-state index < -0.39 is 4.92 Å². The molecule has 1 aromatic rings. The molecule has 0 aliphatic carbocycles. The van der Waals surface area contributed by atoms with Gasteiger partial charge in [0.1, 0.15) is 0 Å². The average molecular weight is 194 g/mol. The fraction of sp³-hybridized carbons (Fsp3) is 0.375. The minimum absolute atomic E-state index is 0.0353. The summed E-state index contributed by atoms with van der Waals surface area (Å²) < 4.78 is 4.83. The van der Waals surface area contributed by atoms with Crippen LogP contribution in [0.1, 0.15) is 5.56 Å². The van der Waals surface area contributed by atoms with Gasteiger partial charge in [-0.1, -0.05) is 12.3 Å². The first kappa shape index (κ1) is 10.5. The van der Waals surface area contributed by atoms with Gasteiger partial charge in [0.15, 0.2) is 7.28 Å². The van der Waals surface area contributed by atoms with E-state index in [1.54, 1.807) is 13.1 Å². The molecule has 74 valence electrons. The van der Waals surface area contributed by atoms with Crippen molar-refractivity contribution in [2.24, 2.45) is 0 Å². The first-order chi connectivity index (χ1) is 6.61. The third-order valence-electron chi connectivity index (χ3n) is 2.13. The molecule has 5 nitrogen and oxygen atoms in total. The number of rotatable bonds is 3. The molecule has 0 bridgehead atoms. The summed E-state index contributed by atoms with van der Waals surface area (Å²) in [4.78, 5) is 14.2. The Morgan fingerprint density at radius 1 is 1.64 bits per heavy atom. The Labute approximate surface area is 82.5 Å². The first-order valence-corrected chi connectivity index (χ1v) is 4.28. The third kappa shape index (κ3) is 1.68. The zero-order chi connectivity index (χ0) is 10.7. The molecule has 0 spiro atoms. The number of ether oxygens (including phenoxy) is 1. The van der Waals surface area contributed by atoms with Crippen molar-refractivity contribution in [2.45, 2.75) is 13.7 Å². The minimum Gasteiger partial charge on any atom is -0.476 e. The van der Waals surface area contributed by atoms with Crippen molar-refractivity contribution in [3.05, 3.63) is 21.9 Å². The highest BCUT2D eigenvalue weighted by Gasteiger charge is 2.21. The molecule has 14 heavy (non-hydrogen) atoms. The smallest absolute Gasteiger partial charge is 0.333 e. The fourth-order valence-electron chi connectivity index (χ4n) is 1.33. The summed E-state index contributed by atoms with van der Waals surface area (Å²) in [6, 6.07) is 0. The average Bonchev–Trinajstić information content (AvgIpc) is 2.16. The summed E-state index contributed by atoms with van der Waals surface area (Å²) in [7, 11) is 2.10. The topological polar surface area (TPSA) is 65.3 Å². The second kappa shape index (κ2) is 4.08. The van der Waals surface area contributed by atoms with Crippen molar-refractivity contribution in [1.29, 1.82) is 0 Å². The molecule has 0 amide bonds. The SMILES string of the molecule is CBc1cnc(OC)c([N+](=O)[O-])c1C. The van der Waals surface area contributed by atoms with Gasteiger partial charge in [-0.15, -0.1) is 0 Å². The molecule has 0 aliphatic rings. The lowest BCUT2D eigenvalue weighted by Gasteiger charge is -2.06. The molecule has 0 N–H and O–H groups in total. The maximum Gasteiger partial charge on any atom is 0.333 e. The number of nitrogens with zero attached hydrogens (tertiary/aromatic N) is 2. The van der Waals surface area contributed by atoms with Crippen molar-refractivity contribution in [3.63, 3.8) is 0 Å². The molecule has 0 radical (unpaired) electrons. The highest BCUT2D eigenvalue weighted by Crippen LogP contribution is 2.25. The lowest BCUT2D eigenvalue weighted by molar-refractivity contribution is -0.386. The molecule has 0 unspecified atom stereocenters. The van der Waals surface area contributed by atoms with Crippen LogP contribution >= 0.6 is 0 Å². The molecule has 0 saturated heterocycles. The summed E-state index contributed by atoms with van der Waals surface area (Å²) in [5.74, 6) is 0.0738. The van der Waals surface area contributed by atoms with Gasteiger partial charge in [-0.25, -0.2) is 4.98 Å². The van der Waals surface area contributed by atoms with Gasteiger partial charge in [0, 0.05) is 11.8 Å². The minimum atomic E-state index is -0.458. The van der Waals surface area contributed by atoms with Gasteiger partial charge in [0.2, 0.25) is 0 Å². The highest BCUT2D eigenvalue weighted by atomic mass is 16.6. The molecule has 1 aromatic heterocycles. The molecule has 0 aliphatic heterocycles. The first-order valence-electron chi connectivity index (χ1n) is 4.28. The normalized spacial score (nSPS) is 9.64. The zero-order valence-corrected chi connectivity index (χ0v) is 8.40. The molecule has 0 saturated carbocycles. The van der Waals surface area contributed by atoms with Crippen LogP contribution in [-0.2, 0) is 0 Å². The molecule has 6 heteroatoms. The highest BCUT2D eigenvalue weighted by molar-refractivity contribution is 6.52. The van der Waals surface area contributed by atoms with Gasteiger partial charge in [-0.05, 0) is 6.92 Å². The van der Waals surface area contributed by atoms with Crippen molar-refractivity contribution >= 4 is 18.4 Å². The second-order valence-corrected chi connectivity index (χ2v) is 2.88. The number of hydrogen-bond acceptors (Lipinski definition) is 4. The van der Waals surface area contributed by atoms with E-state index in [9.17, 15) is 10.1 Å². The van der Waals surface area contributed by atoms with Crippen LogP contribution in [0.4, 0.5) is 5.69 Å². The summed E-state index contributed by atoms with van der Waals surface area (Å²) in [6.45, 7) is 3.64. The lowest BCUT2D eigenvalue weighted by atomic mass is 9.72. The summed E-state index contributed by atoms with van der Waals surface area (Å²) in [5, 5.41) is 10.8. The maximum atomic E-state index is 10.8. The predicted molar refractivity (Wildman–Crippen MR) is 54.8 cm³/mol. The lowest BCUT2D eigenvalue weighted by Crippen LogP contribution is -2.18. The molecule has 1 rings (SSSR count). The summed E-state index contributed by atoms with van der Waals surface area (Å²) in [5.41, 5.74) is 1.47. The van der Waals surface area contributed by atoms with E-state index in [0.717, 1.165) is 12.7 Å². The van der Waals surface area contributed by atoms with Gasteiger partial charge >= 0.3 is 5.69 Å². The Morgan fingerprint density at radius 3 is 2.71 bits per heavy atom. The Hall–Kier alpha value is -1.59. The monoisotopic (exact) mass is 194 g/mol. The van der Waals surface area contributed by atoms with Crippen molar-refractivity contribution in [3.8, 4) is 5.88 Å². The maximum absolute atomic E-state index is 10.8. The van der Waals surface area contributed by atoms with Gasteiger partial charge in [0.05, 0.1) is 12.0 Å². The van der Waals surface area contributed by atoms with Crippen LogP contribution in [-0.4, -0.2) is 24.3 Å². The molecule has 0 fully saturated rings. The van der Waals surface area contributed by atoms with Crippen molar-refractivity contribution in [1.82, 2.24) is 4.98 Å². The van der Waals surface area contributed by atoms with E-state index >= 15 is 0 Å². The van der Waals surface area contributed by atoms with Crippen LogP contribution in [0.15, 0.2) is 6.20 Å². The largest absolute Gasteiger partial charge is 0.476 e. The molecule has 0 aromatic carbocycles. The van der Waals surface area contributed by atoms with Crippen molar-refractivity contribution < 1.29 is 9.66 Å². The summed E-state index contributed by atoms with van der Waals surface area (Å²) in [6.07, 6.45) is 1.61. The van der Waals surface area contributed by atoms with Crippen LogP contribution in [0, 0.1) is 17.0 Å². The number of methoxy groups -OCH3 is 1. The van der Waals surface area contributed by atoms with Crippen LogP contribution < -0.4 is 10.2 Å². The van der Waals surface area contributed by atoms with Crippen molar-refractivity contribution in [2.75, 3.05) is 7.11 Å². The fourth-order valence-corrected chi connectivity index (χ4v) is 1.33. The molecule has 0 atom stereocenters. The standard InChI is InChI=1S/C8H11BN2O3/c1-5-6(9-2)4-10-8(14-3)7(5)11(12)13/h4,9H,1-3H3. The van der Waals surface area contributed by atoms with E-state index in [0.29, 0.717) is 5.56 Å². The molecule has 1 heterocycles. The Morgan fingerprint density at radius 2 is 2.29 bits per heavy atom. The van der Waals surface area contributed by atoms with Gasteiger partial charge < -0.3 is 4.74 Å². The van der Waals surface area contributed by atoms with E-state index in [1.165, 1.54) is 7.11 Å². The molecular formula is C8H11BN2O3.